The minimum Gasteiger partial charge on any atom is -0.442 e. The van der Waals surface area contributed by atoms with Crippen LogP contribution in [0.2, 0.25) is 0 Å². The van der Waals surface area contributed by atoms with Gasteiger partial charge in [0.15, 0.2) is 5.69 Å². The number of cyclic esters (lactones) is 1. The number of rotatable bonds is 7. The maximum Gasteiger partial charge on any atom is 0.414 e. The molecule has 0 aliphatic carbocycles. The van der Waals surface area contributed by atoms with Gasteiger partial charge in [-0.2, -0.15) is 0 Å². The number of hydrogen-bond donors (Lipinski definition) is 3. The van der Waals surface area contributed by atoms with Gasteiger partial charge in [-0.05, 0) is 37.0 Å². The van der Waals surface area contributed by atoms with Crippen LogP contribution in [0, 0.1) is 11.7 Å². The standard InChI is InChI=1S/C21H26FN7O5/c1-13(30)23-9-16-11-29(21(32)34-16)15-2-3-19(17(22)8-15)27-6-4-14(5-7-27)10-28-12-18(24-26-28)20(31)25-33/h2-3,8,12,14,16,33H,4-7,9-11H2,1H3,(H,23,30)(H,25,31)/t16-/m0/s1. The van der Waals surface area contributed by atoms with Crippen molar-refractivity contribution in [1.29, 1.82) is 0 Å². The SMILES string of the molecule is CC(=O)NC[C@H]1CN(c2ccc(N3CCC(Cn4cc(C(=O)NO)nn4)CC3)c(F)c2)C(=O)O1. The molecule has 0 saturated carbocycles. The van der Waals surface area contributed by atoms with E-state index in [0.717, 1.165) is 12.8 Å². The molecule has 0 bridgehead atoms. The summed E-state index contributed by atoms with van der Waals surface area (Å²) in [4.78, 5) is 37.9. The second-order valence-corrected chi connectivity index (χ2v) is 8.39. The Bertz CT molecular complexity index is 1070. The van der Waals surface area contributed by atoms with Crippen molar-refractivity contribution in [3.05, 3.63) is 35.9 Å². The van der Waals surface area contributed by atoms with Crippen LogP contribution in [0.25, 0.3) is 0 Å². The Kier molecular flexibility index (Phi) is 6.91. The van der Waals surface area contributed by atoms with Crippen molar-refractivity contribution in [3.8, 4) is 0 Å². The number of nitrogens with one attached hydrogen (secondary N) is 2. The fraction of sp³-hybridized carbons (Fsp3) is 0.476. The first-order valence-electron chi connectivity index (χ1n) is 11.0. The van der Waals surface area contributed by atoms with E-state index in [1.807, 2.05) is 4.90 Å². The van der Waals surface area contributed by atoms with Gasteiger partial charge in [0, 0.05) is 26.6 Å². The molecule has 13 heteroatoms. The molecule has 2 saturated heterocycles. The summed E-state index contributed by atoms with van der Waals surface area (Å²) in [7, 11) is 0. The van der Waals surface area contributed by atoms with E-state index in [0.29, 0.717) is 31.0 Å². The zero-order valence-corrected chi connectivity index (χ0v) is 18.6. The quantitative estimate of drug-likeness (QED) is 0.396. The smallest absolute Gasteiger partial charge is 0.414 e. The highest BCUT2D eigenvalue weighted by Crippen LogP contribution is 2.30. The average Bonchev–Trinajstić information content (AvgIpc) is 3.44. The van der Waals surface area contributed by atoms with Crippen LogP contribution in [-0.2, 0) is 16.1 Å². The summed E-state index contributed by atoms with van der Waals surface area (Å²) in [6.07, 6.45) is 2.01. The van der Waals surface area contributed by atoms with Crippen LogP contribution in [0.1, 0.15) is 30.3 Å². The van der Waals surface area contributed by atoms with Crippen LogP contribution < -0.4 is 20.6 Å². The summed E-state index contributed by atoms with van der Waals surface area (Å²) in [5, 5.41) is 18.9. The number of anilines is 2. The molecule has 1 aromatic carbocycles. The van der Waals surface area contributed by atoms with Gasteiger partial charge in [0.2, 0.25) is 5.91 Å². The molecule has 3 N–H and O–H groups in total. The lowest BCUT2D eigenvalue weighted by Crippen LogP contribution is -2.35. The molecule has 2 aromatic rings. The van der Waals surface area contributed by atoms with E-state index in [9.17, 15) is 18.8 Å². The molecule has 4 rings (SSSR count). The van der Waals surface area contributed by atoms with Gasteiger partial charge in [-0.15, -0.1) is 5.10 Å². The van der Waals surface area contributed by atoms with Gasteiger partial charge >= 0.3 is 6.09 Å². The molecule has 3 heterocycles. The Labute approximate surface area is 194 Å². The van der Waals surface area contributed by atoms with E-state index in [-0.39, 0.29) is 30.6 Å². The Balaban J connectivity index is 1.32. The van der Waals surface area contributed by atoms with Crippen molar-refractivity contribution in [2.75, 3.05) is 36.0 Å². The highest BCUT2D eigenvalue weighted by molar-refractivity contribution is 5.91. The third-order valence-corrected chi connectivity index (χ3v) is 5.97. The molecule has 1 aromatic heterocycles. The molecule has 1 atom stereocenters. The lowest BCUT2D eigenvalue weighted by Gasteiger charge is -2.34. The Morgan fingerprint density at radius 3 is 2.74 bits per heavy atom. The van der Waals surface area contributed by atoms with E-state index in [1.165, 1.54) is 29.6 Å². The normalized spacial score (nSPS) is 18.7. The van der Waals surface area contributed by atoms with E-state index >= 15 is 0 Å². The van der Waals surface area contributed by atoms with Gasteiger partial charge in [0.25, 0.3) is 5.91 Å². The van der Waals surface area contributed by atoms with Gasteiger partial charge in [-0.3, -0.25) is 24.4 Å². The van der Waals surface area contributed by atoms with Crippen molar-refractivity contribution < 1.29 is 28.7 Å². The first-order chi connectivity index (χ1) is 16.3. The number of ether oxygens (including phenoxy) is 1. The predicted molar refractivity (Wildman–Crippen MR) is 117 cm³/mol. The number of hydrogen-bond acceptors (Lipinski definition) is 8. The second-order valence-electron chi connectivity index (χ2n) is 8.39. The Morgan fingerprint density at radius 1 is 1.29 bits per heavy atom. The van der Waals surface area contributed by atoms with Crippen molar-refractivity contribution >= 4 is 29.3 Å². The van der Waals surface area contributed by atoms with E-state index in [4.69, 9.17) is 9.94 Å². The summed E-state index contributed by atoms with van der Waals surface area (Å²) < 4.78 is 21.8. The molecule has 2 aliphatic rings. The molecule has 182 valence electrons. The van der Waals surface area contributed by atoms with E-state index in [1.54, 1.807) is 16.8 Å². The predicted octanol–water partition coefficient (Wildman–Crippen LogP) is 0.914. The van der Waals surface area contributed by atoms with Crippen molar-refractivity contribution in [1.82, 2.24) is 25.8 Å². The van der Waals surface area contributed by atoms with Crippen molar-refractivity contribution in [3.63, 3.8) is 0 Å². The largest absolute Gasteiger partial charge is 0.442 e. The van der Waals surface area contributed by atoms with Crippen LogP contribution >= 0.6 is 0 Å². The second kappa shape index (κ2) is 10.0. The van der Waals surface area contributed by atoms with Gasteiger partial charge in [-0.25, -0.2) is 14.7 Å². The van der Waals surface area contributed by atoms with Crippen LogP contribution in [0.15, 0.2) is 24.4 Å². The van der Waals surface area contributed by atoms with Crippen molar-refractivity contribution in [2.24, 2.45) is 5.92 Å². The minimum absolute atomic E-state index is 0.0328. The van der Waals surface area contributed by atoms with Gasteiger partial charge in [0.1, 0.15) is 11.9 Å². The Morgan fingerprint density at radius 2 is 2.06 bits per heavy atom. The van der Waals surface area contributed by atoms with Gasteiger partial charge in [0.05, 0.1) is 30.7 Å². The lowest BCUT2D eigenvalue weighted by molar-refractivity contribution is -0.119. The van der Waals surface area contributed by atoms with Gasteiger partial charge < -0.3 is 15.0 Å². The molecular weight excluding hydrogens is 449 g/mol. The average molecular weight is 475 g/mol. The van der Waals surface area contributed by atoms with Crippen LogP contribution in [-0.4, -0.2) is 70.4 Å². The first kappa shape index (κ1) is 23.4. The number of halogens is 1. The number of carbonyl (C=O) groups excluding carboxylic acids is 3. The lowest BCUT2D eigenvalue weighted by atomic mass is 9.96. The number of aromatic nitrogens is 3. The number of carbonyl (C=O) groups is 3. The van der Waals surface area contributed by atoms with Crippen LogP contribution in [0.3, 0.4) is 0 Å². The third-order valence-electron chi connectivity index (χ3n) is 5.97. The highest BCUT2D eigenvalue weighted by atomic mass is 19.1. The molecule has 34 heavy (non-hydrogen) atoms. The summed E-state index contributed by atoms with van der Waals surface area (Å²) in [5.74, 6) is -1.07. The molecule has 0 radical (unpaired) electrons. The zero-order valence-electron chi connectivity index (χ0n) is 18.6. The molecular formula is C21H26FN7O5. The zero-order chi connectivity index (χ0) is 24.2. The van der Waals surface area contributed by atoms with Crippen LogP contribution in [0.5, 0.6) is 0 Å². The summed E-state index contributed by atoms with van der Waals surface area (Å²) in [6.45, 7) is 3.67. The molecule has 2 fully saturated rings. The van der Waals surface area contributed by atoms with E-state index < -0.39 is 23.9 Å². The number of amides is 3. The molecule has 3 amide bonds. The summed E-state index contributed by atoms with van der Waals surface area (Å²) >= 11 is 0. The number of nitrogens with zero attached hydrogens (tertiary/aromatic N) is 5. The summed E-state index contributed by atoms with van der Waals surface area (Å²) in [6, 6.07) is 4.68. The molecule has 0 unspecified atom stereocenters. The maximum absolute atomic E-state index is 15.0. The summed E-state index contributed by atoms with van der Waals surface area (Å²) in [5.41, 5.74) is 2.42. The molecule has 2 aliphatic heterocycles. The van der Waals surface area contributed by atoms with Crippen LogP contribution in [0.4, 0.5) is 20.6 Å². The monoisotopic (exact) mass is 475 g/mol. The molecule has 12 nitrogen and oxygen atoms in total. The maximum atomic E-state index is 15.0. The molecule has 0 spiro atoms. The minimum atomic E-state index is -0.717. The first-order valence-corrected chi connectivity index (χ1v) is 11.0. The topological polar surface area (TPSA) is 142 Å². The Hall–Kier alpha value is -3.74. The van der Waals surface area contributed by atoms with E-state index in [2.05, 4.69) is 15.6 Å². The highest BCUT2D eigenvalue weighted by Gasteiger charge is 2.33. The number of piperidine rings is 1. The number of benzene rings is 1. The van der Waals surface area contributed by atoms with Gasteiger partial charge in [-0.1, -0.05) is 5.21 Å². The fourth-order valence-electron chi connectivity index (χ4n) is 4.19. The number of hydroxylamine groups is 1. The van der Waals surface area contributed by atoms with Crippen molar-refractivity contribution in [2.45, 2.75) is 32.4 Å². The third kappa shape index (κ3) is 5.25. The fourth-order valence-corrected chi connectivity index (χ4v) is 4.19.